The summed E-state index contributed by atoms with van der Waals surface area (Å²) in [5.41, 5.74) is 7.26. The van der Waals surface area contributed by atoms with Crippen LogP contribution in [0.1, 0.15) is 59.2 Å². The number of nitrogens with one attached hydrogen (secondary N) is 2. The smallest absolute Gasteiger partial charge is 0.435 e. The Balaban J connectivity index is 1.67. The van der Waals surface area contributed by atoms with Gasteiger partial charge in [-0.25, -0.2) is 4.68 Å². The largest absolute Gasteiger partial charge is 0.508 e. The van der Waals surface area contributed by atoms with Gasteiger partial charge in [0.05, 0.1) is 11.7 Å². The molecule has 0 aliphatic rings. The number of nitrogens with zero attached hydrogens (tertiary/aromatic N) is 2. The van der Waals surface area contributed by atoms with Crippen LogP contribution >= 0.6 is 0 Å². The molecular weight excluding hydrogens is 519 g/mol. The first-order valence-electron chi connectivity index (χ1n) is 13.0. The third-order valence-corrected chi connectivity index (χ3v) is 6.67. The molecule has 1 amide bonds. The average molecular weight is 552 g/mol. The van der Waals surface area contributed by atoms with Crippen molar-refractivity contribution in [1.82, 2.24) is 15.1 Å². The number of phenolic OH excluding ortho intramolecular Hbond substituents is 1. The molecule has 0 saturated carbocycles. The summed E-state index contributed by atoms with van der Waals surface area (Å²) in [5, 5.41) is 20.0. The molecule has 7 nitrogen and oxygen atoms in total. The Morgan fingerprint density at radius 1 is 1.02 bits per heavy atom. The van der Waals surface area contributed by atoms with Crippen molar-refractivity contribution >= 4 is 11.6 Å². The lowest BCUT2D eigenvalue weighted by atomic mass is 9.97. The number of nitrogens with two attached hydrogens (primary N) is 1. The van der Waals surface area contributed by atoms with Gasteiger partial charge in [0.2, 0.25) is 0 Å². The lowest BCUT2D eigenvalue weighted by Gasteiger charge is -2.23. The Morgan fingerprint density at radius 3 is 2.40 bits per heavy atom. The fourth-order valence-corrected chi connectivity index (χ4v) is 4.28. The highest BCUT2D eigenvalue weighted by molar-refractivity contribution is 6.03. The molecule has 4 rings (SSSR count). The van der Waals surface area contributed by atoms with Crippen molar-refractivity contribution in [1.29, 1.82) is 0 Å². The Morgan fingerprint density at radius 2 is 1.73 bits per heavy atom. The summed E-state index contributed by atoms with van der Waals surface area (Å²) in [6.07, 6.45) is -3.75. The minimum Gasteiger partial charge on any atom is -0.508 e. The van der Waals surface area contributed by atoms with Crippen LogP contribution in [0.25, 0.3) is 5.69 Å². The normalized spacial score (nSPS) is 13.2. The highest BCUT2D eigenvalue weighted by atomic mass is 19.4. The Bertz CT molecular complexity index is 1470. The number of phenols is 1. The van der Waals surface area contributed by atoms with Crippen LogP contribution in [0.2, 0.25) is 0 Å². The zero-order chi connectivity index (χ0) is 28.9. The molecule has 210 valence electrons. The third kappa shape index (κ3) is 6.88. The summed E-state index contributed by atoms with van der Waals surface area (Å²) in [6.45, 7) is 5.13. The van der Waals surface area contributed by atoms with Gasteiger partial charge in [-0.15, -0.1) is 0 Å². The van der Waals surface area contributed by atoms with Gasteiger partial charge in [-0.3, -0.25) is 4.79 Å². The minimum absolute atomic E-state index is 0.129. The van der Waals surface area contributed by atoms with Gasteiger partial charge in [-0.2, -0.15) is 18.3 Å². The van der Waals surface area contributed by atoms with Crippen LogP contribution in [0, 0.1) is 5.92 Å². The molecule has 0 aliphatic heterocycles. The number of carbonyl (C=O) groups is 1. The van der Waals surface area contributed by atoms with Crippen LogP contribution in [0.5, 0.6) is 5.75 Å². The third-order valence-electron chi connectivity index (χ3n) is 6.67. The van der Waals surface area contributed by atoms with E-state index in [2.05, 4.69) is 29.6 Å². The first-order valence-corrected chi connectivity index (χ1v) is 13.0. The van der Waals surface area contributed by atoms with Crippen molar-refractivity contribution in [3.05, 3.63) is 107 Å². The molecule has 0 fully saturated rings. The maximum absolute atomic E-state index is 13.6. The van der Waals surface area contributed by atoms with E-state index in [1.165, 1.54) is 0 Å². The standard InChI is InChI=1S/C30H32F3N5O2/c1-3-19(2)18-35-28(22-9-6-12-25(39)15-22)21-8-5-10-23(14-21)36-29(40)26-16-27(30(31,32)33)37-38(26)24-11-4-7-20(13-24)17-34/h4-16,19,28,35,39H,3,17-18,34H2,1-2H3,(H,36,40). The van der Waals surface area contributed by atoms with Crippen molar-refractivity contribution in [3.63, 3.8) is 0 Å². The van der Waals surface area contributed by atoms with Crippen molar-refractivity contribution in [2.75, 3.05) is 11.9 Å². The van der Waals surface area contributed by atoms with E-state index in [-0.39, 0.29) is 29.7 Å². The number of amides is 1. The molecular formula is C30H32F3N5O2. The minimum atomic E-state index is -4.73. The van der Waals surface area contributed by atoms with Crippen molar-refractivity contribution < 1.29 is 23.1 Å². The first kappa shape index (κ1) is 28.8. The molecule has 0 bridgehead atoms. The summed E-state index contributed by atoms with van der Waals surface area (Å²) in [4.78, 5) is 13.3. The number of rotatable bonds is 10. The van der Waals surface area contributed by atoms with Crippen molar-refractivity contribution in [2.24, 2.45) is 11.7 Å². The monoisotopic (exact) mass is 551 g/mol. The highest BCUT2D eigenvalue weighted by Gasteiger charge is 2.36. The van der Waals surface area contributed by atoms with Gasteiger partial charge in [0.1, 0.15) is 11.4 Å². The average Bonchev–Trinajstić information content (AvgIpc) is 3.40. The van der Waals surface area contributed by atoms with Gasteiger partial charge in [0, 0.05) is 18.3 Å². The molecule has 1 heterocycles. The van der Waals surface area contributed by atoms with Crippen LogP contribution in [-0.4, -0.2) is 27.3 Å². The molecule has 2 unspecified atom stereocenters. The quantitative estimate of drug-likeness (QED) is 0.193. The number of carbonyl (C=O) groups excluding carboxylic acids is 1. The van der Waals surface area contributed by atoms with Crippen molar-refractivity contribution in [2.45, 2.75) is 39.0 Å². The summed E-state index contributed by atoms with van der Waals surface area (Å²) in [5.74, 6) is -0.215. The van der Waals surface area contributed by atoms with Gasteiger partial charge in [-0.05, 0) is 65.6 Å². The van der Waals surface area contributed by atoms with E-state index in [4.69, 9.17) is 5.73 Å². The fourth-order valence-electron chi connectivity index (χ4n) is 4.28. The van der Waals surface area contributed by atoms with E-state index in [9.17, 15) is 23.1 Å². The van der Waals surface area contributed by atoms with Crippen LogP contribution < -0.4 is 16.4 Å². The second-order valence-corrected chi connectivity index (χ2v) is 9.73. The fraction of sp³-hybridized carbons (Fsp3) is 0.267. The molecule has 2 atom stereocenters. The van der Waals surface area contributed by atoms with E-state index in [0.717, 1.165) is 28.3 Å². The maximum atomic E-state index is 13.6. The van der Waals surface area contributed by atoms with E-state index in [1.807, 2.05) is 12.1 Å². The molecule has 5 N–H and O–H groups in total. The molecule has 0 radical (unpaired) electrons. The number of aromatic nitrogens is 2. The second-order valence-electron chi connectivity index (χ2n) is 9.73. The second kappa shape index (κ2) is 12.4. The topological polar surface area (TPSA) is 105 Å². The molecule has 10 heteroatoms. The Kier molecular flexibility index (Phi) is 8.91. The molecule has 40 heavy (non-hydrogen) atoms. The van der Waals surface area contributed by atoms with Gasteiger partial charge in [0.25, 0.3) is 5.91 Å². The number of halogens is 3. The number of anilines is 1. The number of benzene rings is 3. The van der Waals surface area contributed by atoms with E-state index < -0.39 is 17.8 Å². The van der Waals surface area contributed by atoms with Gasteiger partial charge in [0.15, 0.2) is 5.69 Å². The molecule has 0 spiro atoms. The van der Waals surface area contributed by atoms with Crippen molar-refractivity contribution in [3.8, 4) is 11.4 Å². The van der Waals surface area contributed by atoms with E-state index in [1.54, 1.807) is 60.7 Å². The summed E-state index contributed by atoms with van der Waals surface area (Å²) in [6, 6.07) is 21.0. The predicted molar refractivity (Wildman–Crippen MR) is 148 cm³/mol. The Hall–Kier alpha value is -4.15. The molecule has 0 aliphatic carbocycles. The zero-order valence-electron chi connectivity index (χ0n) is 22.2. The molecule has 3 aromatic carbocycles. The first-order chi connectivity index (χ1) is 19.1. The number of hydrogen-bond donors (Lipinski definition) is 4. The summed E-state index contributed by atoms with van der Waals surface area (Å²) < 4.78 is 41.7. The van der Waals surface area contributed by atoms with Gasteiger partial charge in [-0.1, -0.05) is 56.7 Å². The van der Waals surface area contributed by atoms with Crippen LogP contribution in [0.4, 0.5) is 18.9 Å². The SMILES string of the molecule is CCC(C)CNC(c1cccc(O)c1)c1cccc(NC(=O)c2cc(C(F)(F)F)nn2-c2cccc(CN)c2)c1. The highest BCUT2D eigenvalue weighted by Crippen LogP contribution is 2.31. The zero-order valence-corrected chi connectivity index (χ0v) is 22.2. The van der Waals surface area contributed by atoms with Crippen LogP contribution in [0.3, 0.4) is 0 Å². The molecule has 4 aromatic rings. The summed E-state index contributed by atoms with van der Waals surface area (Å²) in [7, 11) is 0. The van der Waals surface area contributed by atoms with Crippen LogP contribution in [-0.2, 0) is 12.7 Å². The lowest BCUT2D eigenvalue weighted by Crippen LogP contribution is -2.27. The summed E-state index contributed by atoms with van der Waals surface area (Å²) >= 11 is 0. The van der Waals surface area contributed by atoms with Gasteiger partial charge >= 0.3 is 6.18 Å². The van der Waals surface area contributed by atoms with E-state index in [0.29, 0.717) is 23.7 Å². The number of aromatic hydroxyl groups is 1. The number of alkyl halides is 3. The Labute approximate surface area is 230 Å². The van der Waals surface area contributed by atoms with Crippen LogP contribution in [0.15, 0.2) is 78.9 Å². The van der Waals surface area contributed by atoms with E-state index >= 15 is 0 Å². The predicted octanol–water partition coefficient (Wildman–Crippen LogP) is 6.03. The maximum Gasteiger partial charge on any atom is 0.435 e. The molecule has 0 saturated heterocycles. The van der Waals surface area contributed by atoms with Gasteiger partial charge < -0.3 is 21.5 Å². The lowest BCUT2D eigenvalue weighted by molar-refractivity contribution is -0.141. The molecule has 1 aromatic heterocycles. The number of hydrogen-bond acceptors (Lipinski definition) is 5.